The zero-order chi connectivity index (χ0) is 15.5. The molecule has 0 radical (unpaired) electrons. The molecule has 1 aliphatic rings. The molecule has 0 aliphatic carbocycles. The zero-order valence-electron chi connectivity index (χ0n) is 13.0. The Morgan fingerprint density at radius 2 is 2.45 bits per heavy atom. The monoisotopic (exact) mass is 318 g/mol. The van der Waals surface area contributed by atoms with Gasteiger partial charge in [-0.3, -0.25) is 14.4 Å². The molecule has 2 aromatic heterocycles. The van der Waals surface area contributed by atoms with Crippen LogP contribution in [-0.4, -0.2) is 33.7 Å². The average molecular weight is 318 g/mol. The molecule has 0 aromatic carbocycles. The lowest BCUT2D eigenvalue weighted by atomic mass is 10.1. The van der Waals surface area contributed by atoms with E-state index in [1.807, 2.05) is 36.3 Å². The summed E-state index contributed by atoms with van der Waals surface area (Å²) in [7, 11) is 1.93. The van der Waals surface area contributed by atoms with Crippen molar-refractivity contribution in [3.8, 4) is 0 Å². The summed E-state index contributed by atoms with van der Waals surface area (Å²) in [5, 5.41) is 9.38. The Labute approximate surface area is 134 Å². The van der Waals surface area contributed by atoms with Gasteiger partial charge >= 0.3 is 0 Å². The second-order valence-corrected chi connectivity index (χ2v) is 6.86. The van der Waals surface area contributed by atoms with Crippen LogP contribution in [0.1, 0.15) is 42.3 Å². The predicted octanol–water partition coefficient (Wildman–Crippen LogP) is 2.50. The summed E-state index contributed by atoms with van der Waals surface area (Å²) in [6.45, 7) is 3.46. The molecule has 0 unspecified atom stereocenters. The van der Waals surface area contributed by atoms with Crippen LogP contribution in [0.4, 0.5) is 0 Å². The molecule has 118 valence electrons. The number of carbonyl (C=O) groups excluding carboxylic acids is 1. The molecule has 2 aromatic rings. The van der Waals surface area contributed by atoms with E-state index < -0.39 is 0 Å². The molecule has 1 aliphatic heterocycles. The third-order valence-corrected chi connectivity index (χ3v) is 5.22. The van der Waals surface area contributed by atoms with Gasteiger partial charge in [-0.05, 0) is 37.8 Å². The Balaban J connectivity index is 1.58. The van der Waals surface area contributed by atoms with Gasteiger partial charge in [-0.1, -0.05) is 6.07 Å². The Morgan fingerprint density at radius 1 is 1.59 bits per heavy atom. The number of carbonyl (C=O) groups is 1. The fraction of sp³-hybridized carbons (Fsp3) is 0.500. The van der Waals surface area contributed by atoms with E-state index in [0.29, 0.717) is 12.6 Å². The lowest BCUT2D eigenvalue weighted by Gasteiger charge is -2.23. The highest BCUT2D eigenvalue weighted by atomic mass is 32.1. The molecular formula is C16H22N4OS. The first-order valence-corrected chi connectivity index (χ1v) is 8.57. The molecule has 22 heavy (non-hydrogen) atoms. The molecule has 1 amide bonds. The van der Waals surface area contributed by atoms with Crippen molar-refractivity contribution in [3.63, 3.8) is 0 Å². The molecule has 3 heterocycles. The summed E-state index contributed by atoms with van der Waals surface area (Å²) < 4.78 is 1.82. The fourth-order valence-corrected chi connectivity index (χ4v) is 3.82. The molecule has 2 atom stereocenters. The second kappa shape index (κ2) is 6.62. The number of rotatable bonds is 5. The maximum Gasteiger partial charge on any atom is 0.234 e. The molecule has 6 heteroatoms. The van der Waals surface area contributed by atoms with Gasteiger partial charge in [-0.25, -0.2) is 0 Å². The quantitative estimate of drug-likeness (QED) is 0.921. The number of aryl methyl sites for hydroxylation is 1. The minimum Gasteiger partial charge on any atom is -0.348 e. The van der Waals surface area contributed by atoms with Crippen molar-refractivity contribution in [2.45, 2.75) is 31.8 Å². The Bertz CT molecular complexity index is 622. The second-order valence-electron chi connectivity index (χ2n) is 5.88. The normalized spacial score (nSPS) is 20.2. The molecule has 5 nitrogen and oxygen atoms in total. The first-order chi connectivity index (χ1) is 10.6. The van der Waals surface area contributed by atoms with Gasteiger partial charge in [0.1, 0.15) is 0 Å². The van der Waals surface area contributed by atoms with Crippen molar-refractivity contribution in [3.05, 3.63) is 40.3 Å². The zero-order valence-corrected chi connectivity index (χ0v) is 13.8. The fourth-order valence-electron chi connectivity index (χ4n) is 3.09. The Hall–Kier alpha value is -1.66. The van der Waals surface area contributed by atoms with E-state index >= 15 is 0 Å². The number of thiophene rings is 1. The van der Waals surface area contributed by atoms with Crippen LogP contribution in [0.3, 0.4) is 0 Å². The molecule has 3 rings (SSSR count). The van der Waals surface area contributed by atoms with Crippen LogP contribution in [0.5, 0.6) is 0 Å². The van der Waals surface area contributed by atoms with Crippen molar-refractivity contribution in [1.29, 1.82) is 0 Å². The summed E-state index contributed by atoms with van der Waals surface area (Å²) in [5.74, 6) is 0.0942. The largest absolute Gasteiger partial charge is 0.348 e. The summed E-state index contributed by atoms with van der Waals surface area (Å²) in [6, 6.07) is 4.47. The van der Waals surface area contributed by atoms with Crippen LogP contribution in [-0.2, 0) is 11.8 Å². The van der Waals surface area contributed by atoms with Gasteiger partial charge in [0.15, 0.2) is 0 Å². The topological polar surface area (TPSA) is 50.2 Å². The minimum atomic E-state index is 0.0759. The number of likely N-dealkylation sites (tertiary alicyclic amines) is 1. The number of hydrogen-bond donors (Lipinski definition) is 1. The SMILES string of the molecule is C[C@H](NC(=O)CN1CCC[C@H]1c1cnn(C)c1)c1cccs1. The lowest BCUT2D eigenvalue weighted by molar-refractivity contribution is -0.123. The maximum absolute atomic E-state index is 12.3. The van der Waals surface area contributed by atoms with E-state index in [2.05, 4.69) is 27.6 Å². The van der Waals surface area contributed by atoms with Crippen molar-refractivity contribution in [1.82, 2.24) is 20.0 Å². The summed E-state index contributed by atoms with van der Waals surface area (Å²) >= 11 is 1.68. The van der Waals surface area contributed by atoms with E-state index in [4.69, 9.17) is 0 Å². The number of hydrogen-bond acceptors (Lipinski definition) is 4. The highest BCUT2D eigenvalue weighted by Crippen LogP contribution is 2.31. The van der Waals surface area contributed by atoms with Gasteiger partial charge < -0.3 is 5.32 Å². The first kappa shape index (κ1) is 15.2. The van der Waals surface area contributed by atoms with Crippen molar-refractivity contribution < 1.29 is 4.79 Å². The van der Waals surface area contributed by atoms with Crippen LogP contribution in [0.25, 0.3) is 0 Å². The van der Waals surface area contributed by atoms with Crippen molar-refractivity contribution in [2.24, 2.45) is 7.05 Å². The molecule has 0 spiro atoms. The Kier molecular flexibility index (Phi) is 4.59. The number of amides is 1. The van der Waals surface area contributed by atoms with Crippen LogP contribution >= 0.6 is 11.3 Å². The van der Waals surface area contributed by atoms with Crippen LogP contribution < -0.4 is 5.32 Å². The maximum atomic E-state index is 12.3. The van der Waals surface area contributed by atoms with Gasteiger partial charge in [0.2, 0.25) is 5.91 Å². The number of aromatic nitrogens is 2. The Morgan fingerprint density at radius 3 is 3.14 bits per heavy atom. The van der Waals surface area contributed by atoms with Gasteiger partial charge in [-0.15, -0.1) is 11.3 Å². The average Bonchev–Trinajstić information content (AvgIpc) is 3.18. The van der Waals surface area contributed by atoms with E-state index in [1.165, 1.54) is 10.4 Å². The standard InChI is InChI=1S/C16H22N4OS/c1-12(15-6-4-8-22-15)18-16(21)11-20-7-3-5-14(20)13-9-17-19(2)10-13/h4,6,8-10,12,14H,3,5,7,11H2,1-2H3,(H,18,21)/t12-,14-/m0/s1. The third kappa shape index (κ3) is 3.39. The molecule has 1 saturated heterocycles. The van der Waals surface area contributed by atoms with E-state index in [0.717, 1.165) is 19.4 Å². The smallest absolute Gasteiger partial charge is 0.234 e. The van der Waals surface area contributed by atoms with E-state index in [1.54, 1.807) is 11.3 Å². The molecule has 0 saturated carbocycles. The minimum absolute atomic E-state index is 0.0759. The highest BCUT2D eigenvalue weighted by Gasteiger charge is 2.28. The lowest BCUT2D eigenvalue weighted by Crippen LogP contribution is -2.37. The van der Waals surface area contributed by atoms with Gasteiger partial charge in [0.25, 0.3) is 0 Å². The van der Waals surface area contributed by atoms with Crippen molar-refractivity contribution >= 4 is 17.2 Å². The van der Waals surface area contributed by atoms with E-state index in [-0.39, 0.29) is 11.9 Å². The van der Waals surface area contributed by atoms with Crippen molar-refractivity contribution in [2.75, 3.05) is 13.1 Å². The van der Waals surface area contributed by atoms with Gasteiger partial charge in [-0.2, -0.15) is 5.10 Å². The van der Waals surface area contributed by atoms with Gasteiger partial charge in [0.05, 0.1) is 18.8 Å². The molecule has 1 N–H and O–H groups in total. The highest BCUT2D eigenvalue weighted by molar-refractivity contribution is 7.10. The molecule has 1 fully saturated rings. The molecular weight excluding hydrogens is 296 g/mol. The van der Waals surface area contributed by atoms with E-state index in [9.17, 15) is 4.79 Å². The summed E-state index contributed by atoms with van der Waals surface area (Å²) in [5.41, 5.74) is 1.21. The third-order valence-electron chi connectivity index (χ3n) is 4.17. The predicted molar refractivity (Wildman–Crippen MR) is 87.6 cm³/mol. The number of nitrogens with zero attached hydrogens (tertiary/aromatic N) is 3. The van der Waals surface area contributed by atoms with Gasteiger partial charge in [0, 0.05) is 29.7 Å². The van der Waals surface area contributed by atoms with Crippen LogP contribution in [0, 0.1) is 0 Å². The first-order valence-electron chi connectivity index (χ1n) is 7.69. The number of nitrogens with one attached hydrogen (secondary N) is 1. The summed E-state index contributed by atoms with van der Waals surface area (Å²) in [4.78, 5) is 15.8. The molecule has 0 bridgehead atoms. The summed E-state index contributed by atoms with van der Waals surface area (Å²) in [6.07, 6.45) is 6.19. The van der Waals surface area contributed by atoms with Crippen LogP contribution in [0.2, 0.25) is 0 Å². The van der Waals surface area contributed by atoms with Crippen LogP contribution in [0.15, 0.2) is 29.9 Å².